The minimum absolute atomic E-state index is 0.0398. The van der Waals surface area contributed by atoms with Gasteiger partial charge in [0.1, 0.15) is 18.3 Å². The van der Waals surface area contributed by atoms with Gasteiger partial charge in [-0.2, -0.15) is 0 Å². The van der Waals surface area contributed by atoms with Gasteiger partial charge >= 0.3 is 5.69 Å². The second-order valence-electron chi connectivity index (χ2n) is 2.96. The van der Waals surface area contributed by atoms with Crippen LogP contribution in [0.2, 0.25) is 5.15 Å². The summed E-state index contributed by atoms with van der Waals surface area (Å²) < 4.78 is 4.62. The Labute approximate surface area is 99.8 Å². The lowest BCUT2D eigenvalue weighted by Crippen LogP contribution is -2.06. The van der Waals surface area contributed by atoms with E-state index in [1.54, 1.807) is 6.07 Å². The highest BCUT2D eigenvalue weighted by atomic mass is 35.5. The number of anilines is 1. The van der Waals surface area contributed by atoms with Crippen LogP contribution in [0.4, 0.5) is 11.5 Å². The Hall–Kier alpha value is -2.22. The lowest BCUT2D eigenvalue weighted by molar-refractivity contribution is -0.384. The van der Waals surface area contributed by atoms with Gasteiger partial charge in [0.2, 0.25) is 11.0 Å². The molecule has 0 amide bonds. The maximum absolute atomic E-state index is 10.8. The smallest absolute Gasteiger partial charge is 0.348 e. The fraction of sp³-hybridized carbons (Fsp3) is 0.125. The zero-order valence-corrected chi connectivity index (χ0v) is 9.09. The molecule has 88 valence electrons. The van der Waals surface area contributed by atoms with Gasteiger partial charge in [-0.25, -0.2) is 9.97 Å². The molecule has 17 heavy (non-hydrogen) atoms. The van der Waals surface area contributed by atoms with E-state index >= 15 is 0 Å². The topological polar surface area (TPSA) is 107 Å². The van der Waals surface area contributed by atoms with E-state index in [0.717, 1.165) is 6.33 Å². The summed E-state index contributed by atoms with van der Waals surface area (Å²) in [6.07, 6.45) is 2.54. The van der Waals surface area contributed by atoms with Crippen LogP contribution in [-0.4, -0.2) is 20.0 Å². The lowest BCUT2D eigenvalue weighted by Gasteiger charge is -2.03. The molecule has 0 fully saturated rings. The van der Waals surface area contributed by atoms with Crippen LogP contribution in [0.5, 0.6) is 0 Å². The third-order valence-corrected chi connectivity index (χ3v) is 2.16. The first-order valence-corrected chi connectivity index (χ1v) is 4.84. The predicted octanol–water partition coefficient (Wildman–Crippen LogP) is 1.64. The summed E-state index contributed by atoms with van der Waals surface area (Å²) in [6, 6.07) is 1.63. The Morgan fingerprint density at radius 1 is 1.53 bits per heavy atom. The maximum Gasteiger partial charge on any atom is 0.348 e. The van der Waals surface area contributed by atoms with E-state index in [1.807, 2.05) is 0 Å². The van der Waals surface area contributed by atoms with Crippen molar-refractivity contribution in [3.05, 3.63) is 39.6 Å². The Morgan fingerprint density at radius 3 is 3.00 bits per heavy atom. The molecule has 0 saturated heterocycles. The molecule has 0 aliphatic carbocycles. The average molecular weight is 256 g/mol. The molecule has 0 aliphatic heterocycles. The molecule has 2 aromatic heterocycles. The summed E-state index contributed by atoms with van der Waals surface area (Å²) in [5.41, 5.74) is 0.228. The number of aromatic nitrogens is 3. The molecule has 9 heteroatoms. The molecule has 8 nitrogen and oxygen atoms in total. The fourth-order valence-electron chi connectivity index (χ4n) is 1.15. The molecule has 0 spiro atoms. The predicted molar refractivity (Wildman–Crippen MR) is 57.5 cm³/mol. The molecule has 0 aliphatic rings. The summed E-state index contributed by atoms with van der Waals surface area (Å²) in [6.45, 7) is 0.241. The van der Waals surface area contributed by atoms with Crippen LogP contribution in [0.1, 0.15) is 5.69 Å². The summed E-state index contributed by atoms with van der Waals surface area (Å²) in [5, 5.41) is 16.9. The van der Waals surface area contributed by atoms with Gasteiger partial charge in [0.05, 0.1) is 11.5 Å². The average Bonchev–Trinajstić information content (AvgIpc) is 2.78. The molecular formula is C8H6ClN5O3. The third kappa shape index (κ3) is 2.48. The SMILES string of the molecule is O=[N+]([O-])c1c(Cl)ncnc1NCc1ccon1. The highest BCUT2D eigenvalue weighted by molar-refractivity contribution is 6.31. The van der Waals surface area contributed by atoms with Crippen LogP contribution >= 0.6 is 11.6 Å². The molecule has 0 bridgehead atoms. The van der Waals surface area contributed by atoms with E-state index in [9.17, 15) is 10.1 Å². The van der Waals surface area contributed by atoms with Gasteiger partial charge in [0.15, 0.2) is 0 Å². The Morgan fingerprint density at radius 2 is 2.35 bits per heavy atom. The molecule has 2 rings (SSSR count). The van der Waals surface area contributed by atoms with Crippen LogP contribution in [-0.2, 0) is 6.54 Å². The number of nitro groups is 1. The number of hydrogen-bond donors (Lipinski definition) is 1. The second-order valence-corrected chi connectivity index (χ2v) is 3.32. The van der Waals surface area contributed by atoms with E-state index in [1.165, 1.54) is 6.26 Å². The molecule has 1 N–H and O–H groups in total. The Balaban J connectivity index is 2.21. The largest absolute Gasteiger partial charge is 0.364 e. The van der Waals surface area contributed by atoms with Crippen molar-refractivity contribution in [1.82, 2.24) is 15.1 Å². The summed E-state index contributed by atoms with van der Waals surface area (Å²) in [5.74, 6) is 0.0398. The van der Waals surface area contributed by atoms with Gasteiger partial charge in [-0.3, -0.25) is 10.1 Å². The highest BCUT2D eigenvalue weighted by Crippen LogP contribution is 2.28. The minimum Gasteiger partial charge on any atom is -0.364 e. The number of rotatable bonds is 4. The van der Waals surface area contributed by atoms with E-state index in [4.69, 9.17) is 11.6 Å². The van der Waals surface area contributed by atoms with E-state index in [-0.39, 0.29) is 23.2 Å². The van der Waals surface area contributed by atoms with Gasteiger partial charge in [-0.15, -0.1) is 0 Å². The van der Waals surface area contributed by atoms with Crippen molar-refractivity contribution in [2.24, 2.45) is 0 Å². The van der Waals surface area contributed by atoms with Crippen LogP contribution < -0.4 is 5.32 Å². The van der Waals surface area contributed by atoms with Gasteiger partial charge in [-0.1, -0.05) is 16.8 Å². The van der Waals surface area contributed by atoms with Crippen LogP contribution in [0.3, 0.4) is 0 Å². The molecule has 2 heterocycles. The maximum atomic E-state index is 10.8. The molecular weight excluding hydrogens is 250 g/mol. The first-order valence-electron chi connectivity index (χ1n) is 4.46. The molecule has 0 aromatic carbocycles. The quantitative estimate of drug-likeness (QED) is 0.503. The van der Waals surface area contributed by atoms with Crippen molar-refractivity contribution >= 4 is 23.1 Å². The first kappa shape index (κ1) is 11.3. The van der Waals surface area contributed by atoms with Crippen molar-refractivity contribution in [2.45, 2.75) is 6.54 Å². The van der Waals surface area contributed by atoms with Crippen molar-refractivity contribution in [1.29, 1.82) is 0 Å². The number of halogens is 1. The summed E-state index contributed by atoms with van der Waals surface area (Å²) in [4.78, 5) is 17.4. The zero-order chi connectivity index (χ0) is 12.3. The molecule has 2 aromatic rings. The van der Waals surface area contributed by atoms with Gasteiger partial charge in [-0.05, 0) is 0 Å². The summed E-state index contributed by atoms with van der Waals surface area (Å²) in [7, 11) is 0. The van der Waals surface area contributed by atoms with Crippen molar-refractivity contribution < 1.29 is 9.45 Å². The number of nitrogens with zero attached hydrogens (tertiary/aromatic N) is 4. The van der Waals surface area contributed by atoms with Crippen LogP contribution in [0.25, 0.3) is 0 Å². The van der Waals surface area contributed by atoms with Crippen molar-refractivity contribution in [3.8, 4) is 0 Å². The zero-order valence-electron chi connectivity index (χ0n) is 8.33. The summed E-state index contributed by atoms with van der Waals surface area (Å²) >= 11 is 5.62. The Bertz CT molecular complexity index is 530. The normalized spacial score (nSPS) is 10.2. The van der Waals surface area contributed by atoms with E-state index < -0.39 is 4.92 Å². The standard InChI is InChI=1S/C8H6ClN5O3/c9-7-6(14(15)16)8(12-4-11-7)10-3-5-1-2-17-13-5/h1-2,4H,3H2,(H,10,11,12). The third-order valence-electron chi connectivity index (χ3n) is 1.89. The second kappa shape index (κ2) is 4.74. The van der Waals surface area contributed by atoms with Crippen molar-refractivity contribution in [3.63, 3.8) is 0 Å². The van der Waals surface area contributed by atoms with E-state index in [0.29, 0.717) is 5.69 Å². The lowest BCUT2D eigenvalue weighted by atomic mass is 10.4. The number of nitrogens with one attached hydrogen (secondary N) is 1. The van der Waals surface area contributed by atoms with Gasteiger partial charge in [0.25, 0.3) is 0 Å². The minimum atomic E-state index is -0.645. The monoisotopic (exact) mass is 255 g/mol. The van der Waals surface area contributed by atoms with Gasteiger partial charge < -0.3 is 9.84 Å². The molecule has 0 radical (unpaired) electrons. The van der Waals surface area contributed by atoms with E-state index in [2.05, 4.69) is 25.0 Å². The molecule has 0 saturated carbocycles. The molecule has 0 unspecified atom stereocenters. The van der Waals surface area contributed by atoms with Crippen molar-refractivity contribution in [2.75, 3.05) is 5.32 Å². The number of hydrogen-bond acceptors (Lipinski definition) is 7. The van der Waals surface area contributed by atoms with Crippen LogP contribution in [0.15, 0.2) is 23.2 Å². The van der Waals surface area contributed by atoms with Gasteiger partial charge in [0, 0.05) is 6.07 Å². The first-order chi connectivity index (χ1) is 8.18. The highest BCUT2D eigenvalue weighted by Gasteiger charge is 2.21. The van der Waals surface area contributed by atoms with Crippen LogP contribution in [0, 0.1) is 10.1 Å². The molecule has 0 atom stereocenters. The fourth-order valence-corrected chi connectivity index (χ4v) is 1.35. The Kier molecular flexibility index (Phi) is 3.15.